The van der Waals surface area contributed by atoms with Gasteiger partial charge in [-0.1, -0.05) is 33.6 Å². The van der Waals surface area contributed by atoms with Crippen molar-refractivity contribution in [2.24, 2.45) is 5.92 Å². The van der Waals surface area contributed by atoms with Crippen LogP contribution in [0.1, 0.15) is 79.1 Å². The van der Waals surface area contributed by atoms with E-state index in [1.807, 2.05) is 6.92 Å². The molecular weight excluding hydrogens is 532 g/mol. The molecule has 0 aliphatic heterocycles. The molecule has 0 aromatic heterocycles. The van der Waals surface area contributed by atoms with Crippen LogP contribution >= 0.6 is 0 Å². The van der Waals surface area contributed by atoms with Crippen molar-refractivity contribution in [2.75, 3.05) is 0 Å². The number of nitrogens with one attached hydrogen (secondary N) is 4. The molecule has 0 fully saturated rings. The van der Waals surface area contributed by atoms with Crippen LogP contribution < -0.4 is 21.3 Å². The molecular formula is C25H40N4O11. The van der Waals surface area contributed by atoms with Gasteiger partial charge in [0.2, 0.25) is 23.6 Å². The standard InChI is InChI=1S/C25H40N4O11/c1-5-6-7-8-18(31)16(11-20(34)35)28-25(40)22(13(2)3)29-23(38)15(9-10-19(32)33)27-24(39)17(12-21(36)37)26-14(4)30/h13,15-17,22H,5-12H2,1-4H3,(H,26,30)(H,27,39)(H,28,40)(H,29,38)(H,32,33)(H,34,35)(H,36,37)/t15-,16-,17-,22-/m0/s1. The molecule has 15 nitrogen and oxygen atoms in total. The van der Waals surface area contributed by atoms with E-state index in [9.17, 15) is 43.5 Å². The molecule has 0 aromatic carbocycles. The number of rotatable bonds is 20. The fourth-order valence-electron chi connectivity index (χ4n) is 3.63. The number of ketones is 1. The number of carboxylic acids is 3. The molecule has 0 spiro atoms. The van der Waals surface area contributed by atoms with Crippen LogP contribution in [0, 0.1) is 5.92 Å². The van der Waals surface area contributed by atoms with Gasteiger partial charge in [0.05, 0.1) is 18.9 Å². The van der Waals surface area contributed by atoms with Gasteiger partial charge in [-0.2, -0.15) is 0 Å². The van der Waals surface area contributed by atoms with Crippen LogP contribution in [0.15, 0.2) is 0 Å². The topological polar surface area (TPSA) is 245 Å². The highest BCUT2D eigenvalue weighted by Gasteiger charge is 2.33. The summed E-state index contributed by atoms with van der Waals surface area (Å²) in [7, 11) is 0. The second-order valence-corrected chi connectivity index (χ2v) is 9.66. The van der Waals surface area contributed by atoms with Crippen molar-refractivity contribution >= 4 is 47.3 Å². The first-order chi connectivity index (χ1) is 18.6. The minimum atomic E-state index is -1.56. The highest BCUT2D eigenvalue weighted by atomic mass is 16.4. The minimum Gasteiger partial charge on any atom is -0.481 e. The maximum atomic E-state index is 13.1. The predicted molar refractivity (Wildman–Crippen MR) is 139 cm³/mol. The lowest BCUT2D eigenvalue weighted by molar-refractivity contribution is -0.142. The smallest absolute Gasteiger partial charge is 0.305 e. The zero-order valence-corrected chi connectivity index (χ0v) is 23.2. The average Bonchev–Trinajstić information content (AvgIpc) is 2.82. The van der Waals surface area contributed by atoms with Crippen molar-refractivity contribution < 1.29 is 53.7 Å². The number of aliphatic carboxylic acids is 3. The summed E-state index contributed by atoms with van der Waals surface area (Å²) in [4.78, 5) is 96.3. The molecule has 0 aliphatic rings. The van der Waals surface area contributed by atoms with Gasteiger partial charge in [-0.05, 0) is 18.8 Å². The molecule has 40 heavy (non-hydrogen) atoms. The van der Waals surface area contributed by atoms with Crippen LogP contribution in [0.4, 0.5) is 0 Å². The summed E-state index contributed by atoms with van der Waals surface area (Å²) in [5, 5.41) is 36.4. The first-order valence-electron chi connectivity index (χ1n) is 12.9. The SMILES string of the molecule is CCCCCC(=O)[C@H](CC(=O)O)NC(=O)[C@@H](NC(=O)[C@H](CCC(=O)O)NC(=O)[C@H](CC(=O)O)NC(C)=O)C(C)C. The van der Waals surface area contributed by atoms with Crippen LogP contribution in [0.25, 0.3) is 0 Å². The normalized spacial score (nSPS) is 13.7. The molecule has 0 saturated heterocycles. The van der Waals surface area contributed by atoms with Gasteiger partial charge in [0.15, 0.2) is 5.78 Å². The third-order valence-electron chi connectivity index (χ3n) is 5.71. The van der Waals surface area contributed by atoms with E-state index in [4.69, 9.17) is 10.2 Å². The van der Waals surface area contributed by atoms with Crippen LogP contribution in [0.2, 0.25) is 0 Å². The lowest BCUT2D eigenvalue weighted by atomic mass is 9.99. The van der Waals surface area contributed by atoms with E-state index in [2.05, 4.69) is 21.3 Å². The van der Waals surface area contributed by atoms with Gasteiger partial charge in [0, 0.05) is 19.8 Å². The van der Waals surface area contributed by atoms with Gasteiger partial charge in [-0.3, -0.25) is 38.4 Å². The van der Waals surface area contributed by atoms with Crippen LogP contribution in [0.3, 0.4) is 0 Å². The Labute approximate surface area is 231 Å². The number of Topliss-reactive ketones (excluding diaryl/α,β-unsaturated/α-hetero) is 1. The number of carbonyl (C=O) groups excluding carboxylic acids is 5. The summed E-state index contributed by atoms with van der Waals surface area (Å²) < 4.78 is 0. The Balaban J connectivity index is 5.81. The predicted octanol–water partition coefficient (Wildman–Crippen LogP) is -0.435. The molecule has 0 unspecified atom stereocenters. The number of carbonyl (C=O) groups is 8. The van der Waals surface area contributed by atoms with Gasteiger partial charge in [0.1, 0.15) is 18.1 Å². The third kappa shape index (κ3) is 14.8. The summed E-state index contributed by atoms with van der Waals surface area (Å²) in [6.07, 6.45) is -0.356. The number of hydrogen-bond acceptors (Lipinski definition) is 8. The largest absolute Gasteiger partial charge is 0.481 e. The highest BCUT2D eigenvalue weighted by Crippen LogP contribution is 2.09. The van der Waals surface area contributed by atoms with E-state index in [1.54, 1.807) is 13.8 Å². The zero-order valence-electron chi connectivity index (χ0n) is 23.2. The summed E-state index contributed by atoms with van der Waals surface area (Å²) in [5.41, 5.74) is 0. The molecule has 0 saturated carbocycles. The van der Waals surface area contributed by atoms with E-state index < -0.39 is 103 Å². The Morgan fingerprint density at radius 2 is 1.15 bits per heavy atom. The number of unbranched alkanes of at least 4 members (excludes halogenated alkanes) is 2. The number of hydrogen-bond donors (Lipinski definition) is 7. The second-order valence-electron chi connectivity index (χ2n) is 9.66. The summed E-state index contributed by atoms with van der Waals surface area (Å²) in [6, 6.07) is -5.73. The molecule has 4 atom stereocenters. The second kappa shape index (κ2) is 18.3. The van der Waals surface area contributed by atoms with Crippen molar-refractivity contribution in [3.05, 3.63) is 0 Å². The van der Waals surface area contributed by atoms with E-state index >= 15 is 0 Å². The highest BCUT2D eigenvalue weighted by molar-refractivity contribution is 5.97. The van der Waals surface area contributed by atoms with Crippen molar-refractivity contribution in [3.63, 3.8) is 0 Å². The van der Waals surface area contributed by atoms with Crippen LogP contribution in [0.5, 0.6) is 0 Å². The maximum Gasteiger partial charge on any atom is 0.305 e. The quantitative estimate of drug-likeness (QED) is 0.0922. The van der Waals surface area contributed by atoms with E-state index in [0.29, 0.717) is 6.42 Å². The van der Waals surface area contributed by atoms with Crippen LogP contribution in [-0.2, 0) is 38.4 Å². The van der Waals surface area contributed by atoms with Crippen molar-refractivity contribution in [3.8, 4) is 0 Å². The number of carboxylic acid groups (broad SMARTS) is 3. The molecule has 0 heterocycles. The average molecular weight is 573 g/mol. The summed E-state index contributed by atoms with van der Waals surface area (Å²) >= 11 is 0. The Morgan fingerprint density at radius 1 is 0.625 bits per heavy atom. The molecule has 15 heteroatoms. The van der Waals surface area contributed by atoms with E-state index in [-0.39, 0.29) is 6.42 Å². The maximum absolute atomic E-state index is 13.1. The summed E-state index contributed by atoms with van der Waals surface area (Å²) in [5.74, 6) is -8.72. The summed E-state index contributed by atoms with van der Waals surface area (Å²) in [6.45, 7) is 6.10. The fraction of sp³-hybridized carbons (Fsp3) is 0.680. The molecule has 0 radical (unpaired) electrons. The van der Waals surface area contributed by atoms with Gasteiger partial charge in [-0.25, -0.2) is 0 Å². The molecule has 0 aromatic rings. The first-order valence-corrected chi connectivity index (χ1v) is 12.9. The Kier molecular flexibility index (Phi) is 16.4. The molecule has 0 rings (SSSR count). The number of amides is 4. The molecule has 7 N–H and O–H groups in total. The first kappa shape index (κ1) is 36.0. The van der Waals surface area contributed by atoms with Gasteiger partial charge >= 0.3 is 17.9 Å². The van der Waals surface area contributed by atoms with Gasteiger partial charge < -0.3 is 36.6 Å². The molecule has 0 bridgehead atoms. The minimum absolute atomic E-state index is 0.0554. The van der Waals surface area contributed by atoms with Gasteiger partial charge in [0.25, 0.3) is 0 Å². The van der Waals surface area contributed by atoms with Crippen molar-refractivity contribution in [1.82, 2.24) is 21.3 Å². The third-order valence-corrected chi connectivity index (χ3v) is 5.71. The van der Waals surface area contributed by atoms with E-state index in [1.165, 1.54) is 0 Å². The van der Waals surface area contributed by atoms with Crippen LogP contribution in [-0.4, -0.2) is 86.8 Å². The zero-order chi connectivity index (χ0) is 31.0. The molecule has 226 valence electrons. The lowest BCUT2D eigenvalue weighted by Crippen LogP contribution is -2.59. The van der Waals surface area contributed by atoms with E-state index in [0.717, 1.165) is 19.8 Å². The molecule has 0 aliphatic carbocycles. The monoisotopic (exact) mass is 572 g/mol. The fourth-order valence-corrected chi connectivity index (χ4v) is 3.63. The van der Waals surface area contributed by atoms with Crippen molar-refractivity contribution in [2.45, 2.75) is 103 Å². The van der Waals surface area contributed by atoms with Crippen molar-refractivity contribution in [1.29, 1.82) is 0 Å². The molecule has 4 amide bonds. The van der Waals surface area contributed by atoms with Gasteiger partial charge in [-0.15, -0.1) is 0 Å². The Morgan fingerprint density at radius 3 is 1.62 bits per heavy atom. The Bertz CT molecular complexity index is 935. The lowest BCUT2D eigenvalue weighted by Gasteiger charge is -2.27. The Hall–Kier alpha value is -4.04.